The number of rotatable bonds is 5. The predicted molar refractivity (Wildman–Crippen MR) is 222 cm³/mol. The number of para-hydroxylation sites is 2. The number of aromatic nitrogens is 2. The van der Waals surface area contributed by atoms with Gasteiger partial charge in [-0.25, -0.2) is 4.85 Å². The Kier molecular flexibility index (Phi) is 7.22. The first-order valence-corrected chi connectivity index (χ1v) is 17.9. The number of nitrogens with zero attached hydrogens (tertiary/aromatic N) is 4. The number of fused-ring (bicyclic) bond motifs is 6. The lowest BCUT2D eigenvalue weighted by Gasteiger charge is -2.12. The normalized spacial score (nSPS) is 11.3. The zero-order valence-electron chi connectivity index (χ0n) is 29.1. The van der Waals surface area contributed by atoms with Crippen LogP contribution in [0, 0.1) is 17.9 Å². The molecule has 10 rings (SSSR count). The van der Waals surface area contributed by atoms with Crippen molar-refractivity contribution in [3.63, 3.8) is 0 Å². The third-order valence-corrected chi connectivity index (χ3v) is 10.6. The Morgan fingerprint density at radius 3 is 1.24 bits per heavy atom. The topological polar surface area (TPSA) is 38.0 Å². The molecule has 0 aliphatic heterocycles. The maximum Gasteiger partial charge on any atom is 0.211 e. The molecular weight excluding hydrogens is 657 g/mol. The highest BCUT2D eigenvalue weighted by Crippen LogP contribution is 2.42. The molecule has 2 heterocycles. The summed E-state index contributed by atoms with van der Waals surface area (Å²) in [6, 6.07) is 65.8. The molecule has 0 atom stereocenters. The predicted octanol–water partition coefficient (Wildman–Crippen LogP) is 13.3. The molecule has 0 unspecified atom stereocenters. The number of hydrogen-bond donors (Lipinski definition) is 0. The molecule has 0 saturated carbocycles. The summed E-state index contributed by atoms with van der Waals surface area (Å²) in [5.41, 5.74) is 13.7. The Balaban J connectivity index is 1.23. The van der Waals surface area contributed by atoms with E-state index >= 15 is 0 Å². The SMILES string of the molecule is [C-]#[N+]c1cccc(C#N)c1-n1c2ccc(-c3ccccc3)cc2c2cc(-c3ccc4c(c3)c3cc(-c5ccccc5)ccc3n4-c3ccccc3)ccc21. The van der Waals surface area contributed by atoms with Crippen LogP contribution in [0.5, 0.6) is 0 Å². The van der Waals surface area contributed by atoms with Gasteiger partial charge in [0.15, 0.2) is 0 Å². The van der Waals surface area contributed by atoms with Crippen molar-refractivity contribution >= 4 is 49.3 Å². The fourth-order valence-corrected chi connectivity index (χ4v) is 8.07. The lowest BCUT2D eigenvalue weighted by atomic mass is 9.98. The van der Waals surface area contributed by atoms with Crippen LogP contribution in [-0.4, -0.2) is 9.13 Å². The van der Waals surface area contributed by atoms with Crippen LogP contribution >= 0.6 is 0 Å². The first-order valence-electron chi connectivity index (χ1n) is 17.9. The van der Waals surface area contributed by atoms with Gasteiger partial charge in [-0.1, -0.05) is 115 Å². The van der Waals surface area contributed by atoms with Crippen molar-refractivity contribution in [2.75, 3.05) is 0 Å². The molecule has 0 fully saturated rings. The van der Waals surface area contributed by atoms with E-state index in [2.05, 4.69) is 178 Å². The quantitative estimate of drug-likeness (QED) is 0.166. The summed E-state index contributed by atoms with van der Waals surface area (Å²) < 4.78 is 4.45. The summed E-state index contributed by atoms with van der Waals surface area (Å²) in [5.74, 6) is 0. The van der Waals surface area contributed by atoms with E-state index < -0.39 is 0 Å². The van der Waals surface area contributed by atoms with Crippen molar-refractivity contribution in [1.29, 1.82) is 5.26 Å². The van der Waals surface area contributed by atoms with Crippen LogP contribution in [0.3, 0.4) is 0 Å². The molecule has 0 bridgehead atoms. The molecule has 4 heteroatoms. The van der Waals surface area contributed by atoms with Crippen molar-refractivity contribution in [3.8, 4) is 50.8 Å². The van der Waals surface area contributed by atoms with Crippen LogP contribution in [0.1, 0.15) is 5.56 Å². The summed E-state index contributed by atoms with van der Waals surface area (Å²) in [6.07, 6.45) is 0. The third kappa shape index (κ3) is 4.90. The van der Waals surface area contributed by atoms with Gasteiger partial charge in [-0.05, 0) is 100 Å². The van der Waals surface area contributed by atoms with Gasteiger partial charge in [0.2, 0.25) is 5.69 Å². The smallest absolute Gasteiger partial charge is 0.211 e. The molecule has 250 valence electrons. The molecule has 4 nitrogen and oxygen atoms in total. The Morgan fingerprint density at radius 1 is 0.407 bits per heavy atom. The van der Waals surface area contributed by atoms with Gasteiger partial charge in [-0.2, -0.15) is 5.26 Å². The molecule has 0 N–H and O–H groups in total. The van der Waals surface area contributed by atoms with Gasteiger partial charge < -0.3 is 9.13 Å². The monoisotopic (exact) mass is 686 g/mol. The van der Waals surface area contributed by atoms with Crippen LogP contribution in [0.4, 0.5) is 5.69 Å². The summed E-state index contributed by atoms with van der Waals surface area (Å²) >= 11 is 0. The second-order valence-corrected chi connectivity index (χ2v) is 13.6. The van der Waals surface area contributed by atoms with Gasteiger partial charge >= 0.3 is 0 Å². The molecule has 0 aliphatic rings. The Labute approximate surface area is 312 Å². The van der Waals surface area contributed by atoms with Crippen molar-refractivity contribution in [2.45, 2.75) is 0 Å². The molecule has 0 saturated heterocycles. The van der Waals surface area contributed by atoms with Crippen LogP contribution in [0.25, 0.3) is 93.2 Å². The largest absolute Gasteiger partial charge is 0.318 e. The zero-order valence-corrected chi connectivity index (χ0v) is 29.1. The highest BCUT2D eigenvalue weighted by atomic mass is 15.0. The molecule has 2 aromatic heterocycles. The zero-order chi connectivity index (χ0) is 36.2. The average Bonchev–Trinajstić information content (AvgIpc) is 3.75. The second-order valence-electron chi connectivity index (χ2n) is 13.6. The van der Waals surface area contributed by atoms with E-state index in [0.717, 1.165) is 60.8 Å². The van der Waals surface area contributed by atoms with Gasteiger partial charge in [-0.3, -0.25) is 0 Å². The lowest BCUT2D eigenvalue weighted by molar-refractivity contribution is 1.17. The Morgan fingerprint density at radius 2 is 0.815 bits per heavy atom. The van der Waals surface area contributed by atoms with Crippen molar-refractivity contribution in [2.24, 2.45) is 0 Å². The Bertz CT molecular complexity index is 3120. The standard InChI is InChI=1S/C50H30N4/c1-52-45-19-11-16-39(32-51)50(45)54-48-26-21-36(34-14-7-3-8-15-34)29-43(48)44-31-38(23-27-49(44)54)37-22-25-47-42(30-37)41-28-35(33-12-5-2-6-13-33)20-24-46(41)53(47)40-17-9-4-10-18-40/h2-31H. The first kappa shape index (κ1) is 31.1. The number of benzene rings is 8. The summed E-state index contributed by atoms with van der Waals surface area (Å²) in [7, 11) is 0. The molecule has 0 amide bonds. The van der Waals surface area contributed by atoms with Crippen LogP contribution in [-0.2, 0) is 0 Å². The van der Waals surface area contributed by atoms with E-state index in [1.165, 1.54) is 21.9 Å². The molecular formula is C50H30N4. The average molecular weight is 687 g/mol. The lowest BCUT2D eigenvalue weighted by Crippen LogP contribution is -1.98. The van der Waals surface area contributed by atoms with Crippen molar-refractivity contribution in [3.05, 3.63) is 199 Å². The van der Waals surface area contributed by atoms with Crippen molar-refractivity contribution in [1.82, 2.24) is 9.13 Å². The van der Waals surface area contributed by atoms with Crippen LogP contribution < -0.4 is 0 Å². The third-order valence-electron chi connectivity index (χ3n) is 10.6. The van der Waals surface area contributed by atoms with E-state index in [-0.39, 0.29) is 0 Å². The van der Waals surface area contributed by atoms with Crippen LogP contribution in [0.2, 0.25) is 0 Å². The van der Waals surface area contributed by atoms with Crippen LogP contribution in [0.15, 0.2) is 182 Å². The van der Waals surface area contributed by atoms with Crippen molar-refractivity contribution < 1.29 is 0 Å². The Hall–Kier alpha value is -7.66. The van der Waals surface area contributed by atoms with Gasteiger partial charge in [0, 0.05) is 27.2 Å². The number of hydrogen-bond acceptors (Lipinski definition) is 1. The molecule has 10 aromatic rings. The summed E-state index contributed by atoms with van der Waals surface area (Å²) in [4.78, 5) is 3.86. The molecule has 0 aliphatic carbocycles. The van der Waals surface area contributed by atoms with E-state index in [4.69, 9.17) is 6.57 Å². The van der Waals surface area contributed by atoms with Gasteiger partial charge in [-0.15, -0.1) is 0 Å². The van der Waals surface area contributed by atoms with E-state index in [1.807, 2.05) is 6.07 Å². The van der Waals surface area contributed by atoms with Gasteiger partial charge in [0.05, 0.1) is 46.0 Å². The minimum Gasteiger partial charge on any atom is -0.318 e. The molecule has 54 heavy (non-hydrogen) atoms. The van der Waals surface area contributed by atoms with Gasteiger partial charge in [0.1, 0.15) is 0 Å². The fourth-order valence-electron chi connectivity index (χ4n) is 8.07. The first-order chi connectivity index (χ1) is 26.7. The second kappa shape index (κ2) is 12.5. The highest BCUT2D eigenvalue weighted by molar-refractivity contribution is 6.14. The number of nitriles is 1. The highest BCUT2D eigenvalue weighted by Gasteiger charge is 2.20. The van der Waals surface area contributed by atoms with E-state index in [9.17, 15) is 5.26 Å². The molecule has 8 aromatic carbocycles. The maximum atomic E-state index is 10.2. The van der Waals surface area contributed by atoms with Gasteiger partial charge in [0.25, 0.3) is 0 Å². The fraction of sp³-hybridized carbons (Fsp3) is 0. The maximum absolute atomic E-state index is 10.2. The summed E-state index contributed by atoms with van der Waals surface area (Å²) in [5, 5.41) is 14.7. The minimum atomic E-state index is 0.444. The molecule has 0 radical (unpaired) electrons. The van der Waals surface area contributed by atoms with E-state index in [1.54, 1.807) is 18.2 Å². The summed E-state index contributed by atoms with van der Waals surface area (Å²) in [6.45, 7) is 8.01. The minimum absolute atomic E-state index is 0.444. The van der Waals surface area contributed by atoms with E-state index in [0.29, 0.717) is 16.9 Å². The molecule has 0 spiro atoms.